The van der Waals surface area contributed by atoms with Gasteiger partial charge in [0.25, 0.3) is 0 Å². The maximum absolute atomic E-state index is 12.6. The minimum atomic E-state index is 0.0986. The van der Waals surface area contributed by atoms with Gasteiger partial charge in [0, 0.05) is 43.5 Å². The SMILES string of the molecule is CCC(CC)C(=O)Cc1ccc(N2CCN(C(c3ccccc3)c3ccc(Cl)cc3)CC2)c(C#N)c1. The molecule has 1 aliphatic rings. The lowest BCUT2D eigenvalue weighted by Crippen LogP contribution is -2.48. The average molecular weight is 500 g/mol. The Labute approximate surface area is 220 Å². The van der Waals surface area contributed by atoms with Crippen LogP contribution >= 0.6 is 11.6 Å². The van der Waals surface area contributed by atoms with Crippen molar-refractivity contribution in [1.29, 1.82) is 5.26 Å². The lowest BCUT2D eigenvalue weighted by Gasteiger charge is -2.41. The summed E-state index contributed by atoms with van der Waals surface area (Å²) in [6.45, 7) is 7.54. The zero-order valence-electron chi connectivity index (χ0n) is 21.2. The fourth-order valence-corrected chi connectivity index (χ4v) is 5.39. The first-order valence-electron chi connectivity index (χ1n) is 12.9. The van der Waals surface area contributed by atoms with Crippen LogP contribution in [0.4, 0.5) is 5.69 Å². The van der Waals surface area contributed by atoms with Crippen LogP contribution in [0.3, 0.4) is 0 Å². The van der Waals surface area contributed by atoms with Crippen molar-refractivity contribution in [1.82, 2.24) is 4.90 Å². The van der Waals surface area contributed by atoms with Crippen LogP contribution in [0, 0.1) is 17.2 Å². The number of anilines is 1. The van der Waals surface area contributed by atoms with Crippen molar-refractivity contribution in [3.63, 3.8) is 0 Å². The van der Waals surface area contributed by atoms with Crippen LogP contribution in [0.5, 0.6) is 0 Å². The van der Waals surface area contributed by atoms with Crippen LogP contribution in [-0.2, 0) is 11.2 Å². The van der Waals surface area contributed by atoms with Gasteiger partial charge in [-0.2, -0.15) is 5.26 Å². The molecule has 3 aromatic carbocycles. The van der Waals surface area contributed by atoms with Crippen LogP contribution in [0.2, 0.25) is 5.02 Å². The molecular formula is C31H34ClN3O. The molecule has 0 radical (unpaired) electrons. The average Bonchev–Trinajstić information content (AvgIpc) is 2.91. The maximum atomic E-state index is 12.6. The number of carbonyl (C=O) groups is 1. The molecule has 0 N–H and O–H groups in total. The molecule has 3 aromatic rings. The van der Waals surface area contributed by atoms with E-state index in [1.165, 1.54) is 11.1 Å². The minimum Gasteiger partial charge on any atom is -0.368 e. The number of rotatable bonds is 9. The van der Waals surface area contributed by atoms with Crippen LogP contribution < -0.4 is 4.90 Å². The van der Waals surface area contributed by atoms with Gasteiger partial charge >= 0.3 is 0 Å². The summed E-state index contributed by atoms with van der Waals surface area (Å²) < 4.78 is 0. The second-order valence-electron chi connectivity index (χ2n) is 9.51. The molecule has 36 heavy (non-hydrogen) atoms. The Bertz CT molecular complexity index is 1190. The van der Waals surface area contributed by atoms with E-state index in [1.807, 2.05) is 36.4 Å². The second kappa shape index (κ2) is 12.2. The molecule has 0 spiro atoms. The quantitative estimate of drug-likeness (QED) is 0.330. The first-order chi connectivity index (χ1) is 17.5. The van der Waals surface area contributed by atoms with Gasteiger partial charge < -0.3 is 4.90 Å². The number of ketones is 1. The lowest BCUT2D eigenvalue weighted by molar-refractivity contribution is -0.122. The molecule has 4 nitrogen and oxygen atoms in total. The molecule has 0 aliphatic carbocycles. The number of nitrogens with zero attached hydrogens (tertiary/aromatic N) is 3. The van der Waals surface area contributed by atoms with Gasteiger partial charge in [0.15, 0.2) is 0 Å². The number of piperazine rings is 1. The van der Waals surface area contributed by atoms with E-state index in [0.29, 0.717) is 12.0 Å². The zero-order chi connectivity index (χ0) is 25.5. The molecule has 1 fully saturated rings. The van der Waals surface area contributed by atoms with E-state index in [0.717, 1.165) is 55.3 Å². The summed E-state index contributed by atoms with van der Waals surface area (Å²) in [5.41, 5.74) is 5.02. The van der Waals surface area contributed by atoms with Crippen LogP contribution in [0.25, 0.3) is 0 Å². The monoisotopic (exact) mass is 499 g/mol. The number of benzene rings is 3. The molecule has 0 bridgehead atoms. The first-order valence-corrected chi connectivity index (χ1v) is 13.3. The number of nitriles is 1. The number of hydrogen-bond donors (Lipinski definition) is 0. The summed E-state index contributed by atoms with van der Waals surface area (Å²) >= 11 is 6.17. The van der Waals surface area contributed by atoms with Gasteiger partial charge in [0.05, 0.1) is 17.3 Å². The van der Waals surface area contributed by atoms with Crippen molar-refractivity contribution in [2.45, 2.75) is 39.2 Å². The van der Waals surface area contributed by atoms with E-state index >= 15 is 0 Å². The molecule has 4 rings (SSSR count). The third-order valence-corrected chi connectivity index (χ3v) is 7.57. The summed E-state index contributed by atoms with van der Waals surface area (Å²) in [6, 6.07) is 27.2. The third-order valence-electron chi connectivity index (χ3n) is 7.32. The molecule has 0 saturated carbocycles. The molecule has 5 heteroatoms. The van der Waals surface area contributed by atoms with Crippen LogP contribution in [0.1, 0.15) is 55.0 Å². The Morgan fingerprint density at radius 2 is 1.56 bits per heavy atom. The summed E-state index contributed by atoms with van der Waals surface area (Å²) in [5, 5.41) is 10.6. The van der Waals surface area contributed by atoms with Crippen molar-refractivity contribution in [3.8, 4) is 6.07 Å². The highest BCUT2D eigenvalue weighted by atomic mass is 35.5. The molecule has 0 amide bonds. The highest BCUT2D eigenvalue weighted by Gasteiger charge is 2.27. The molecule has 1 aliphatic heterocycles. The normalized spacial score (nSPS) is 15.0. The Kier molecular flexibility index (Phi) is 8.80. The number of carbonyl (C=O) groups excluding carboxylic acids is 1. The number of hydrogen-bond acceptors (Lipinski definition) is 4. The van der Waals surface area contributed by atoms with Gasteiger partial charge in [-0.25, -0.2) is 0 Å². The van der Waals surface area contributed by atoms with E-state index < -0.39 is 0 Å². The summed E-state index contributed by atoms with van der Waals surface area (Å²) in [5.74, 6) is 0.362. The molecule has 0 aromatic heterocycles. The molecule has 1 unspecified atom stereocenters. The van der Waals surface area contributed by atoms with Crippen molar-refractivity contribution in [2.24, 2.45) is 5.92 Å². The molecule has 1 atom stereocenters. The fraction of sp³-hybridized carbons (Fsp3) is 0.355. The van der Waals surface area contributed by atoms with E-state index in [-0.39, 0.29) is 17.7 Å². The third kappa shape index (κ3) is 5.98. The van der Waals surface area contributed by atoms with Crippen molar-refractivity contribution in [3.05, 3.63) is 100 Å². The van der Waals surface area contributed by atoms with Gasteiger partial charge in [-0.05, 0) is 53.8 Å². The fourth-order valence-electron chi connectivity index (χ4n) is 5.26. The van der Waals surface area contributed by atoms with Gasteiger partial charge in [-0.3, -0.25) is 9.69 Å². The van der Waals surface area contributed by atoms with Crippen molar-refractivity contribution >= 4 is 23.1 Å². The van der Waals surface area contributed by atoms with Gasteiger partial charge in [-0.15, -0.1) is 0 Å². The van der Waals surface area contributed by atoms with E-state index in [9.17, 15) is 10.1 Å². The predicted molar refractivity (Wildman–Crippen MR) is 147 cm³/mol. The highest BCUT2D eigenvalue weighted by Crippen LogP contribution is 2.32. The van der Waals surface area contributed by atoms with E-state index in [4.69, 9.17) is 11.6 Å². The molecule has 1 saturated heterocycles. The van der Waals surface area contributed by atoms with E-state index in [1.54, 1.807) is 0 Å². The lowest BCUT2D eigenvalue weighted by atomic mass is 9.92. The Morgan fingerprint density at radius 1 is 0.917 bits per heavy atom. The summed E-state index contributed by atoms with van der Waals surface area (Å²) in [7, 11) is 0. The number of Topliss-reactive ketones (excluding diaryl/α,β-unsaturated/α-hetero) is 1. The summed E-state index contributed by atoms with van der Waals surface area (Å²) in [6.07, 6.45) is 2.13. The van der Waals surface area contributed by atoms with Gasteiger partial charge in [-0.1, -0.05) is 74.0 Å². The van der Waals surface area contributed by atoms with Crippen molar-refractivity contribution in [2.75, 3.05) is 31.1 Å². The minimum absolute atomic E-state index is 0.0986. The van der Waals surface area contributed by atoms with Crippen LogP contribution in [0.15, 0.2) is 72.8 Å². The Morgan fingerprint density at radius 3 is 2.17 bits per heavy atom. The molecule has 186 valence electrons. The van der Waals surface area contributed by atoms with Crippen molar-refractivity contribution < 1.29 is 4.79 Å². The largest absolute Gasteiger partial charge is 0.368 e. The Balaban J connectivity index is 1.49. The predicted octanol–water partition coefficient (Wildman–Crippen LogP) is 6.67. The van der Waals surface area contributed by atoms with Gasteiger partial charge in [0.2, 0.25) is 0 Å². The standard InChI is InChI=1S/C31H34ClN3O/c1-3-24(4-2)30(36)21-23-10-15-29(27(20-23)22-33)34-16-18-35(19-17-34)31(25-8-6-5-7-9-25)26-11-13-28(32)14-12-26/h5-15,20,24,31H,3-4,16-19,21H2,1-2H3. The van der Waals surface area contributed by atoms with Crippen LogP contribution in [-0.4, -0.2) is 36.9 Å². The second-order valence-corrected chi connectivity index (χ2v) is 9.94. The first kappa shape index (κ1) is 25.9. The smallest absolute Gasteiger partial charge is 0.140 e. The van der Waals surface area contributed by atoms with E-state index in [2.05, 4.69) is 66.1 Å². The number of halogens is 1. The maximum Gasteiger partial charge on any atom is 0.140 e. The zero-order valence-corrected chi connectivity index (χ0v) is 21.9. The molecule has 1 heterocycles. The highest BCUT2D eigenvalue weighted by molar-refractivity contribution is 6.30. The topological polar surface area (TPSA) is 47.3 Å². The molecular weight excluding hydrogens is 466 g/mol. The van der Waals surface area contributed by atoms with Gasteiger partial charge in [0.1, 0.15) is 11.9 Å². The Hall–Kier alpha value is -3.13. The summed E-state index contributed by atoms with van der Waals surface area (Å²) in [4.78, 5) is 17.4.